The monoisotopic (exact) mass is 227 g/mol. The first-order chi connectivity index (χ1) is 7.00. The van der Waals surface area contributed by atoms with Crippen LogP contribution in [0.1, 0.15) is 26.3 Å². The molecule has 0 fully saturated rings. The molecule has 0 aliphatic carbocycles. The first-order valence-corrected chi connectivity index (χ1v) is 6.21. The van der Waals surface area contributed by atoms with Gasteiger partial charge in [0.25, 0.3) is 0 Å². The Bertz CT molecular complexity index is 325. The largest absolute Gasteiger partial charge is 0.399 e. The summed E-state index contributed by atoms with van der Waals surface area (Å²) < 4.78 is 13.4. The van der Waals surface area contributed by atoms with Crippen LogP contribution in [0.2, 0.25) is 0 Å². The first kappa shape index (κ1) is 12.4. The zero-order chi connectivity index (χ0) is 11.4. The minimum absolute atomic E-state index is 0.196. The average molecular weight is 227 g/mol. The lowest BCUT2D eigenvalue weighted by atomic mass is 10.2. The Morgan fingerprint density at radius 2 is 2.00 bits per heavy atom. The van der Waals surface area contributed by atoms with Crippen molar-refractivity contribution >= 4 is 17.4 Å². The van der Waals surface area contributed by atoms with Crippen molar-refractivity contribution in [3.63, 3.8) is 0 Å². The van der Waals surface area contributed by atoms with Crippen LogP contribution >= 0.6 is 11.8 Å². The lowest BCUT2D eigenvalue weighted by Gasteiger charge is -2.15. The molecular weight excluding hydrogens is 209 g/mol. The standard InChI is InChI=1S/C12H18FNS/c1-8(2)9(3)15-7-10-4-5-11(14)6-12(10)13/h4-6,8-9H,7,14H2,1-3H3. The van der Waals surface area contributed by atoms with Gasteiger partial charge >= 0.3 is 0 Å². The Labute approximate surface area is 95.2 Å². The molecule has 0 aliphatic heterocycles. The van der Waals surface area contributed by atoms with Crippen molar-refractivity contribution in [2.75, 3.05) is 5.73 Å². The highest BCUT2D eigenvalue weighted by molar-refractivity contribution is 7.99. The van der Waals surface area contributed by atoms with E-state index in [1.54, 1.807) is 23.9 Å². The molecule has 84 valence electrons. The molecule has 1 unspecified atom stereocenters. The Hall–Kier alpha value is -0.700. The molecule has 0 saturated carbocycles. The van der Waals surface area contributed by atoms with Crippen LogP contribution in [0.3, 0.4) is 0 Å². The number of rotatable bonds is 4. The Kier molecular flexibility index (Phi) is 4.45. The van der Waals surface area contributed by atoms with E-state index in [1.165, 1.54) is 6.07 Å². The number of hydrogen-bond donors (Lipinski definition) is 1. The predicted octanol–water partition coefficient (Wildman–Crippen LogP) is 3.69. The van der Waals surface area contributed by atoms with Gasteiger partial charge in [-0.1, -0.05) is 26.8 Å². The highest BCUT2D eigenvalue weighted by Gasteiger charge is 2.09. The maximum Gasteiger partial charge on any atom is 0.129 e. The van der Waals surface area contributed by atoms with Gasteiger partial charge in [-0.3, -0.25) is 0 Å². The van der Waals surface area contributed by atoms with Gasteiger partial charge in [0.15, 0.2) is 0 Å². The van der Waals surface area contributed by atoms with Crippen molar-refractivity contribution in [1.82, 2.24) is 0 Å². The fourth-order valence-electron chi connectivity index (χ4n) is 1.09. The third-order valence-corrected chi connectivity index (χ3v) is 4.07. The summed E-state index contributed by atoms with van der Waals surface area (Å²) in [6, 6.07) is 4.90. The van der Waals surface area contributed by atoms with E-state index in [9.17, 15) is 4.39 Å². The minimum atomic E-state index is -0.196. The van der Waals surface area contributed by atoms with Gasteiger partial charge in [0.05, 0.1) is 0 Å². The van der Waals surface area contributed by atoms with Crippen LogP contribution in [0, 0.1) is 11.7 Å². The molecule has 1 nitrogen and oxygen atoms in total. The van der Waals surface area contributed by atoms with Crippen molar-refractivity contribution in [3.05, 3.63) is 29.6 Å². The number of halogens is 1. The normalized spacial score (nSPS) is 13.1. The molecule has 0 radical (unpaired) electrons. The maximum absolute atomic E-state index is 13.4. The Balaban J connectivity index is 2.58. The number of benzene rings is 1. The van der Waals surface area contributed by atoms with Gasteiger partial charge in [-0.15, -0.1) is 0 Å². The Morgan fingerprint density at radius 3 is 2.53 bits per heavy atom. The van der Waals surface area contributed by atoms with Gasteiger partial charge in [0.1, 0.15) is 5.82 Å². The molecule has 0 heterocycles. The molecule has 0 aliphatic rings. The fourth-order valence-corrected chi connectivity index (χ4v) is 2.16. The number of thioether (sulfide) groups is 1. The van der Waals surface area contributed by atoms with Crippen molar-refractivity contribution in [2.24, 2.45) is 5.92 Å². The summed E-state index contributed by atoms with van der Waals surface area (Å²) in [4.78, 5) is 0. The molecule has 0 bridgehead atoms. The van der Waals surface area contributed by atoms with Crippen LogP contribution in [0.4, 0.5) is 10.1 Å². The molecule has 1 rings (SSSR count). The third kappa shape index (κ3) is 3.74. The summed E-state index contributed by atoms with van der Waals surface area (Å²) in [5, 5.41) is 0.543. The van der Waals surface area contributed by atoms with Gasteiger partial charge in [0, 0.05) is 16.7 Å². The van der Waals surface area contributed by atoms with E-state index in [1.807, 2.05) is 0 Å². The summed E-state index contributed by atoms with van der Waals surface area (Å²) in [6.45, 7) is 6.53. The molecule has 0 spiro atoms. The molecule has 1 aromatic carbocycles. The van der Waals surface area contributed by atoms with E-state index in [0.717, 1.165) is 5.56 Å². The summed E-state index contributed by atoms with van der Waals surface area (Å²) in [5.74, 6) is 1.14. The van der Waals surface area contributed by atoms with Gasteiger partial charge in [-0.25, -0.2) is 4.39 Å². The van der Waals surface area contributed by atoms with Crippen molar-refractivity contribution in [3.8, 4) is 0 Å². The lowest BCUT2D eigenvalue weighted by Crippen LogP contribution is -2.06. The lowest BCUT2D eigenvalue weighted by molar-refractivity contribution is 0.616. The predicted molar refractivity (Wildman–Crippen MR) is 66.4 cm³/mol. The first-order valence-electron chi connectivity index (χ1n) is 5.16. The van der Waals surface area contributed by atoms with Gasteiger partial charge in [-0.05, 0) is 23.6 Å². The number of anilines is 1. The third-order valence-electron chi connectivity index (χ3n) is 2.52. The minimum Gasteiger partial charge on any atom is -0.399 e. The van der Waals surface area contributed by atoms with E-state index in [2.05, 4.69) is 20.8 Å². The zero-order valence-electron chi connectivity index (χ0n) is 9.46. The average Bonchev–Trinajstić information content (AvgIpc) is 2.15. The van der Waals surface area contributed by atoms with Crippen LogP contribution in [0.25, 0.3) is 0 Å². The maximum atomic E-state index is 13.4. The SMILES string of the molecule is CC(C)C(C)SCc1ccc(N)cc1F. The highest BCUT2D eigenvalue weighted by Crippen LogP contribution is 2.24. The summed E-state index contributed by atoms with van der Waals surface area (Å²) in [7, 11) is 0. The van der Waals surface area contributed by atoms with Gasteiger partial charge < -0.3 is 5.73 Å². The number of nitrogen functional groups attached to an aromatic ring is 1. The van der Waals surface area contributed by atoms with Crippen LogP contribution in [-0.4, -0.2) is 5.25 Å². The van der Waals surface area contributed by atoms with E-state index in [-0.39, 0.29) is 5.82 Å². The molecule has 15 heavy (non-hydrogen) atoms. The van der Waals surface area contributed by atoms with E-state index in [4.69, 9.17) is 5.73 Å². The number of hydrogen-bond acceptors (Lipinski definition) is 2. The van der Waals surface area contributed by atoms with Crippen molar-refractivity contribution in [2.45, 2.75) is 31.8 Å². The summed E-state index contributed by atoms with van der Waals surface area (Å²) >= 11 is 1.78. The van der Waals surface area contributed by atoms with E-state index >= 15 is 0 Å². The molecule has 1 atom stereocenters. The van der Waals surface area contributed by atoms with Crippen molar-refractivity contribution in [1.29, 1.82) is 0 Å². The topological polar surface area (TPSA) is 26.0 Å². The zero-order valence-corrected chi connectivity index (χ0v) is 10.3. The van der Waals surface area contributed by atoms with Crippen LogP contribution in [0.15, 0.2) is 18.2 Å². The molecule has 1 aromatic rings. The second-order valence-corrected chi connectivity index (χ2v) is 5.48. The number of nitrogens with two attached hydrogens (primary N) is 1. The summed E-state index contributed by atoms with van der Waals surface area (Å²) in [6.07, 6.45) is 0. The van der Waals surface area contributed by atoms with Crippen LogP contribution < -0.4 is 5.73 Å². The van der Waals surface area contributed by atoms with E-state index < -0.39 is 0 Å². The van der Waals surface area contributed by atoms with Crippen LogP contribution in [-0.2, 0) is 5.75 Å². The molecule has 0 aromatic heterocycles. The smallest absolute Gasteiger partial charge is 0.129 e. The molecule has 0 saturated heterocycles. The highest BCUT2D eigenvalue weighted by atomic mass is 32.2. The van der Waals surface area contributed by atoms with Crippen molar-refractivity contribution < 1.29 is 4.39 Å². The fraction of sp³-hybridized carbons (Fsp3) is 0.500. The van der Waals surface area contributed by atoms with E-state index in [0.29, 0.717) is 22.6 Å². The second kappa shape index (κ2) is 5.40. The summed E-state index contributed by atoms with van der Waals surface area (Å²) in [5.41, 5.74) is 6.71. The molecule has 2 N–H and O–H groups in total. The molecular formula is C12H18FNS. The second-order valence-electron chi connectivity index (χ2n) is 4.11. The Morgan fingerprint density at radius 1 is 1.33 bits per heavy atom. The van der Waals surface area contributed by atoms with Gasteiger partial charge in [0.2, 0.25) is 0 Å². The quantitative estimate of drug-likeness (QED) is 0.794. The van der Waals surface area contributed by atoms with Gasteiger partial charge in [-0.2, -0.15) is 11.8 Å². The van der Waals surface area contributed by atoms with Crippen LogP contribution in [0.5, 0.6) is 0 Å². The molecule has 3 heteroatoms. The molecule has 0 amide bonds.